The third kappa shape index (κ3) is 2.89. The number of aromatic nitrogens is 1. The summed E-state index contributed by atoms with van der Waals surface area (Å²) in [6.45, 7) is 4.36. The monoisotopic (exact) mass is 214 g/mol. The van der Waals surface area contributed by atoms with Gasteiger partial charge in [-0.25, -0.2) is 4.98 Å². The summed E-state index contributed by atoms with van der Waals surface area (Å²) in [5, 5.41) is 0.820. The fourth-order valence-corrected chi connectivity index (χ4v) is 0.801. The molecule has 1 aromatic rings. The Bertz CT molecular complexity index is 210. The predicted molar refractivity (Wildman–Crippen MR) is 48.0 cm³/mol. The Balaban J connectivity index is 2.52. The van der Waals surface area contributed by atoms with E-state index in [0.717, 1.165) is 10.9 Å². The number of hydrogen-bond acceptors (Lipinski definition) is 2. The normalized spacial score (nSPS) is 9.64. The lowest BCUT2D eigenvalue weighted by molar-refractivity contribution is 0.331. The summed E-state index contributed by atoms with van der Waals surface area (Å²) in [5.74, 6) is 0.650. The van der Waals surface area contributed by atoms with Gasteiger partial charge in [0.25, 0.3) is 0 Å². The molecule has 0 aliphatic heterocycles. The molecule has 0 unspecified atom stereocenters. The first-order chi connectivity index (χ1) is 5.33. The van der Waals surface area contributed by atoms with Crippen molar-refractivity contribution in [1.29, 1.82) is 0 Å². The summed E-state index contributed by atoms with van der Waals surface area (Å²) < 4.78 is 5.22. The summed E-state index contributed by atoms with van der Waals surface area (Å²) in [6.07, 6.45) is 1.68. The second-order valence-electron chi connectivity index (χ2n) is 2.04. The molecular weight excluding hydrogens is 206 g/mol. The minimum atomic E-state index is 0.642. The molecule has 1 aromatic heterocycles. The molecule has 0 aliphatic carbocycles. The molecule has 2 nitrogen and oxygen atoms in total. The van der Waals surface area contributed by atoms with Crippen LogP contribution < -0.4 is 4.74 Å². The number of ether oxygens (including phenoxy) is 1. The maximum absolute atomic E-state index is 5.22. The van der Waals surface area contributed by atoms with E-state index >= 15 is 0 Å². The van der Waals surface area contributed by atoms with Gasteiger partial charge in [-0.3, -0.25) is 0 Å². The molecule has 0 saturated carbocycles. The Morgan fingerprint density at radius 3 is 2.91 bits per heavy atom. The van der Waals surface area contributed by atoms with Gasteiger partial charge in [-0.2, -0.15) is 0 Å². The quantitative estimate of drug-likeness (QED) is 0.719. The van der Waals surface area contributed by atoms with Gasteiger partial charge in [0.05, 0.1) is 6.61 Å². The summed E-state index contributed by atoms with van der Waals surface area (Å²) in [6, 6.07) is 3.68. The molecule has 0 saturated heterocycles. The van der Waals surface area contributed by atoms with Crippen molar-refractivity contribution >= 4 is 15.9 Å². The highest BCUT2D eigenvalue weighted by atomic mass is 79.9. The zero-order chi connectivity index (χ0) is 8.10. The lowest BCUT2D eigenvalue weighted by Crippen LogP contribution is -1.99. The van der Waals surface area contributed by atoms with Crippen LogP contribution in [0, 0.1) is 6.92 Å². The molecule has 1 heterocycles. The second kappa shape index (κ2) is 4.34. The number of nitrogens with zero attached hydrogens (tertiary/aromatic N) is 1. The lowest BCUT2D eigenvalue weighted by atomic mass is 10.3. The van der Waals surface area contributed by atoms with Crippen LogP contribution in [0.4, 0.5) is 0 Å². The number of rotatable bonds is 3. The summed E-state index contributed by atoms with van der Waals surface area (Å²) in [4.78, 5) is 4.01. The molecule has 0 fully saturated rings. The zero-order valence-electron chi connectivity index (χ0n) is 6.09. The van der Waals surface area contributed by atoms with Crippen molar-refractivity contribution in [3.63, 3.8) is 0 Å². The lowest BCUT2D eigenvalue weighted by Gasteiger charge is -2.01. The summed E-state index contributed by atoms with van der Waals surface area (Å²) in [5.41, 5.74) is 0.899. The number of pyridine rings is 1. The summed E-state index contributed by atoms with van der Waals surface area (Å²) in [7, 11) is 0. The van der Waals surface area contributed by atoms with Gasteiger partial charge in [0.15, 0.2) is 0 Å². The molecule has 0 aromatic carbocycles. The summed E-state index contributed by atoms with van der Waals surface area (Å²) >= 11 is 3.26. The van der Waals surface area contributed by atoms with Gasteiger partial charge in [0, 0.05) is 17.6 Å². The molecule has 59 valence electrons. The minimum Gasteiger partial charge on any atom is -0.477 e. The van der Waals surface area contributed by atoms with E-state index in [1.807, 2.05) is 12.1 Å². The standard InChI is InChI=1S/C8H9BrNO/c1-7-2-3-8(10-6-7)11-5-4-9/h2-3,6H,1,4-5H2. The molecule has 1 radical (unpaired) electrons. The van der Waals surface area contributed by atoms with Crippen LogP contribution in [-0.2, 0) is 0 Å². The van der Waals surface area contributed by atoms with Crippen molar-refractivity contribution in [2.45, 2.75) is 0 Å². The van der Waals surface area contributed by atoms with Crippen LogP contribution in [0.3, 0.4) is 0 Å². The molecule has 1 rings (SSSR count). The Morgan fingerprint density at radius 2 is 2.36 bits per heavy atom. The van der Waals surface area contributed by atoms with Crippen molar-refractivity contribution in [1.82, 2.24) is 4.98 Å². The fourth-order valence-electron chi connectivity index (χ4n) is 0.639. The van der Waals surface area contributed by atoms with Crippen molar-refractivity contribution in [3.05, 3.63) is 30.8 Å². The smallest absolute Gasteiger partial charge is 0.213 e. The van der Waals surface area contributed by atoms with E-state index in [4.69, 9.17) is 4.74 Å². The second-order valence-corrected chi connectivity index (χ2v) is 2.84. The van der Waals surface area contributed by atoms with Crippen LogP contribution in [0.15, 0.2) is 18.3 Å². The average Bonchev–Trinajstić information content (AvgIpc) is 2.04. The maximum Gasteiger partial charge on any atom is 0.213 e. The van der Waals surface area contributed by atoms with Crippen molar-refractivity contribution < 1.29 is 4.74 Å². The molecule has 3 heteroatoms. The zero-order valence-corrected chi connectivity index (χ0v) is 7.67. The topological polar surface area (TPSA) is 22.1 Å². The van der Waals surface area contributed by atoms with Crippen LogP contribution >= 0.6 is 15.9 Å². The van der Waals surface area contributed by atoms with Crippen LogP contribution in [0.5, 0.6) is 5.88 Å². The molecule has 0 spiro atoms. The molecule has 0 amide bonds. The van der Waals surface area contributed by atoms with Crippen molar-refractivity contribution in [2.24, 2.45) is 0 Å². The maximum atomic E-state index is 5.22. The Morgan fingerprint density at radius 1 is 1.55 bits per heavy atom. The third-order valence-electron chi connectivity index (χ3n) is 1.12. The van der Waals surface area contributed by atoms with Crippen molar-refractivity contribution in [2.75, 3.05) is 11.9 Å². The molecule has 0 N–H and O–H groups in total. The van der Waals surface area contributed by atoms with Gasteiger partial charge >= 0.3 is 0 Å². The molecular formula is C8H9BrNO. The molecule has 0 aliphatic rings. The van der Waals surface area contributed by atoms with Gasteiger partial charge in [-0.05, 0) is 12.5 Å². The van der Waals surface area contributed by atoms with Gasteiger partial charge in [0.1, 0.15) is 0 Å². The van der Waals surface area contributed by atoms with Crippen LogP contribution in [0.1, 0.15) is 5.56 Å². The first-order valence-electron chi connectivity index (χ1n) is 3.29. The van der Waals surface area contributed by atoms with Crippen LogP contribution in [0.2, 0.25) is 0 Å². The Labute approximate surface area is 74.7 Å². The van der Waals surface area contributed by atoms with E-state index in [2.05, 4.69) is 27.8 Å². The number of hydrogen-bond donors (Lipinski definition) is 0. The van der Waals surface area contributed by atoms with E-state index in [1.165, 1.54) is 0 Å². The average molecular weight is 215 g/mol. The van der Waals surface area contributed by atoms with Crippen LogP contribution in [-0.4, -0.2) is 16.9 Å². The van der Waals surface area contributed by atoms with Gasteiger partial charge < -0.3 is 4.74 Å². The molecule has 0 atom stereocenters. The van der Waals surface area contributed by atoms with E-state index in [9.17, 15) is 0 Å². The number of alkyl halides is 1. The van der Waals surface area contributed by atoms with E-state index < -0.39 is 0 Å². The SMILES string of the molecule is [CH2]c1ccc(OCCBr)nc1. The van der Waals surface area contributed by atoms with Gasteiger partial charge in [-0.15, -0.1) is 0 Å². The third-order valence-corrected chi connectivity index (χ3v) is 1.45. The van der Waals surface area contributed by atoms with E-state index in [1.54, 1.807) is 6.20 Å². The van der Waals surface area contributed by atoms with Gasteiger partial charge in [0.2, 0.25) is 5.88 Å². The highest BCUT2D eigenvalue weighted by Gasteiger charge is 1.91. The van der Waals surface area contributed by atoms with E-state index in [-0.39, 0.29) is 0 Å². The van der Waals surface area contributed by atoms with Gasteiger partial charge in [-0.1, -0.05) is 22.0 Å². The predicted octanol–water partition coefficient (Wildman–Crippen LogP) is 2.04. The molecule has 0 bridgehead atoms. The van der Waals surface area contributed by atoms with Crippen LogP contribution in [0.25, 0.3) is 0 Å². The Kier molecular flexibility index (Phi) is 3.36. The Hall–Kier alpha value is -0.570. The largest absolute Gasteiger partial charge is 0.477 e. The van der Waals surface area contributed by atoms with E-state index in [0.29, 0.717) is 12.5 Å². The first-order valence-corrected chi connectivity index (χ1v) is 4.42. The first kappa shape index (κ1) is 8.53. The number of halogens is 1. The molecule has 11 heavy (non-hydrogen) atoms. The fraction of sp³-hybridized carbons (Fsp3) is 0.250. The minimum absolute atomic E-state index is 0.642. The highest BCUT2D eigenvalue weighted by Crippen LogP contribution is 2.06. The van der Waals surface area contributed by atoms with Crippen molar-refractivity contribution in [3.8, 4) is 5.88 Å². The highest BCUT2D eigenvalue weighted by molar-refractivity contribution is 9.09.